The molecule has 2 N–H and O–H groups in total. The van der Waals surface area contributed by atoms with Gasteiger partial charge in [0.05, 0.1) is 12.6 Å². The lowest BCUT2D eigenvalue weighted by Gasteiger charge is -2.22. The van der Waals surface area contributed by atoms with Gasteiger partial charge in [0, 0.05) is 32.4 Å². The Balaban J connectivity index is 0.00000385. The second kappa shape index (κ2) is 13.0. The number of hydrogen-bond acceptors (Lipinski definition) is 3. The van der Waals surface area contributed by atoms with Crippen LogP contribution in [0.25, 0.3) is 0 Å². The Kier molecular flexibility index (Phi) is 10.7. The van der Waals surface area contributed by atoms with Crippen molar-refractivity contribution in [3.63, 3.8) is 0 Å². The average molecular weight is 576 g/mol. The molecule has 1 unspecified atom stereocenters. The van der Waals surface area contributed by atoms with Gasteiger partial charge in [0.25, 0.3) is 0 Å². The van der Waals surface area contributed by atoms with Crippen molar-refractivity contribution >= 4 is 35.6 Å². The second-order valence-corrected chi connectivity index (χ2v) is 8.01. The van der Waals surface area contributed by atoms with Crippen molar-refractivity contribution < 1.29 is 17.9 Å². The van der Waals surface area contributed by atoms with Crippen LogP contribution in [0.3, 0.4) is 0 Å². The third kappa shape index (κ3) is 9.04. The SMILES string of the molecule is CN=C(NCc1ccc(COCC(F)(F)F)cc1)NC(C)c1cccc(N2CCCC2)c1.I. The molecule has 182 valence electrons. The molecule has 0 spiro atoms. The zero-order valence-corrected chi connectivity index (χ0v) is 21.3. The minimum absolute atomic E-state index is 0. The van der Waals surface area contributed by atoms with Gasteiger partial charge < -0.3 is 20.3 Å². The van der Waals surface area contributed by atoms with Crippen molar-refractivity contribution in [3.05, 3.63) is 65.2 Å². The van der Waals surface area contributed by atoms with E-state index in [4.69, 9.17) is 4.74 Å². The molecule has 1 atom stereocenters. The zero-order chi connectivity index (χ0) is 23.0. The Morgan fingerprint density at radius 1 is 1.09 bits per heavy atom. The predicted molar refractivity (Wildman–Crippen MR) is 137 cm³/mol. The summed E-state index contributed by atoms with van der Waals surface area (Å²) >= 11 is 0. The molecule has 9 heteroatoms. The first-order valence-electron chi connectivity index (χ1n) is 10.9. The summed E-state index contributed by atoms with van der Waals surface area (Å²) in [5, 5.41) is 6.71. The molecule has 0 saturated carbocycles. The number of nitrogens with zero attached hydrogens (tertiary/aromatic N) is 2. The Morgan fingerprint density at radius 2 is 1.76 bits per heavy atom. The van der Waals surface area contributed by atoms with Crippen LogP contribution in [-0.4, -0.2) is 38.9 Å². The lowest BCUT2D eigenvalue weighted by Crippen LogP contribution is -2.38. The normalized spacial score (nSPS) is 15.2. The molecular formula is C24H32F3IN4O. The fourth-order valence-corrected chi connectivity index (χ4v) is 3.67. The largest absolute Gasteiger partial charge is 0.411 e. The molecule has 1 saturated heterocycles. The maximum Gasteiger partial charge on any atom is 0.411 e. The monoisotopic (exact) mass is 576 g/mol. The Bertz CT molecular complexity index is 884. The van der Waals surface area contributed by atoms with Gasteiger partial charge in [0.15, 0.2) is 5.96 Å². The van der Waals surface area contributed by atoms with E-state index < -0.39 is 12.8 Å². The number of alkyl halides is 3. The molecule has 0 aliphatic carbocycles. The lowest BCUT2D eigenvalue weighted by molar-refractivity contribution is -0.176. The molecule has 1 fully saturated rings. The number of hydrogen-bond donors (Lipinski definition) is 2. The van der Waals surface area contributed by atoms with E-state index in [1.807, 2.05) is 12.1 Å². The van der Waals surface area contributed by atoms with Gasteiger partial charge >= 0.3 is 6.18 Å². The molecule has 1 heterocycles. The van der Waals surface area contributed by atoms with E-state index in [1.165, 1.54) is 24.1 Å². The van der Waals surface area contributed by atoms with E-state index in [2.05, 4.69) is 51.7 Å². The number of aliphatic imine (C=N–C) groups is 1. The van der Waals surface area contributed by atoms with E-state index in [0.29, 0.717) is 18.1 Å². The highest BCUT2D eigenvalue weighted by molar-refractivity contribution is 14.0. The summed E-state index contributed by atoms with van der Waals surface area (Å²) in [6, 6.07) is 16.0. The van der Waals surface area contributed by atoms with Crippen LogP contribution >= 0.6 is 24.0 Å². The van der Waals surface area contributed by atoms with Crippen LogP contribution in [0.4, 0.5) is 18.9 Å². The van der Waals surface area contributed by atoms with Crippen LogP contribution in [0, 0.1) is 0 Å². The van der Waals surface area contributed by atoms with E-state index in [1.54, 1.807) is 19.2 Å². The van der Waals surface area contributed by atoms with Gasteiger partial charge in [-0.3, -0.25) is 4.99 Å². The Hall–Kier alpha value is -2.01. The summed E-state index contributed by atoms with van der Waals surface area (Å²) in [5.41, 5.74) is 4.15. The van der Waals surface area contributed by atoms with Gasteiger partial charge in [0.1, 0.15) is 6.61 Å². The summed E-state index contributed by atoms with van der Waals surface area (Å²) in [5.74, 6) is 0.682. The summed E-state index contributed by atoms with van der Waals surface area (Å²) in [7, 11) is 1.73. The highest BCUT2D eigenvalue weighted by Crippen LogP contribution is 2.24. The number of halogens is 4. The van der Waals surface area contributed by atoms with E-state index in [-0.39, 0.29) is 36.6 Å². The van der Waals surface area contributed by atoms with Crippen LogP contribution in [0.2, 0.25) is 0 Å². The van der Waals surface area contributed by atoms with Crippen LogP contribution in [0.1, 0.15) is 42.5 Å². The highest BCUT2D eigenvalue weighted by atomic mass is 127. The molecule has 5 nitrogen and oxygen atoms in total. The van der Waals surface area contributed by atoms with Crippen molar-refractivity contribution in [1.82, 2.24) is 10.6 Å². The number of nitrogens with one attached hydrogen (secondary N) is 2. The predicted octanol–water partition coefficient (Wildman–Crippen LogP) is 5.41. The smallest absolute Gasteiger partial charge is 0.372 e. The number of benzene rings is 2. The second-order valence-electron chi connectivity index (χ2n) is 8.01. The number of rotatable bonds is 8. The van der Waals surface area contributed by atoms with Crippen LogP contribution < -0.4 is 15.5 Å². The molecule has 0 radical (unpaired) electrons. The van der Waals surface area contributed by atoms with Crippen LogP contribution in [-0.2, 0) is 17.9 Å². The summed E-state index contributed by atoms with van der Waals surface area (Å²) in [6.45, 7) is 3.57. The van der Waals surface area contributed by atoms with Gasteiger partial charge in [0.2, 0.25) is 0 Å². The zero-order valence-electron chi connectivity index (χ0n) is 19.0. The molecule has 0 amide bonds. The van der Waals surface area contributed by atoms with Crippen molar-refractivity contribution in [3.8, 4) is 0 Å². The summed E-state index contributed by atoms with van der Waals surface area (Å²) < 4.78 is 41.2. The fraction of sp³-hybridized carbons (Fsp3) is 0.458. The maximum atomic E-state index is 12.2. The van der Waals surface area contributed by atoms with Gasteiger partial charge in [-0.05, 0) is 48.6 Å². The molecule has 2 aromatic rings. The van der Waals surface area contributed by atoms with Crippen LogP contribution in [0.15, 0.2) is 53.5 Å². The average Bonchev–Trinajstić information content (AvgIpc) is 3.32. The molecule has 33 heavy (non-hydrogen) atoms. The third-order valence-corrected chi connectivity index (χ3v) is 5.44. The quantitative estimate of drug-likeness (QED) is 0.251. The van der Waals surface area contributed by atoms with E-state index in [9.17, 15) is 13.2 Å². The molecule has 0 bridgehead atoms. The standard InChI is InChI=1S/C24H31F3N4O.HI/c1-18(21-6-5-7-22(14-21)31-12-3-4-13-31)30-23(28-2)29-15-19-8-10-20(11-9-19)16-32-17-24(25,26)27;/h5-11,14,18H,3-4,12-13,15-17H2,1-2H3,(H2,28,29,30);1H. The minimum Gasteiger partial charge on any atom is -0.372 e. The topological polar surface area (TPSA) is 48.9 Å². The van der Waals surface area contributed by atoms with Crippen molar-refractivity contribution in [1.29, 1.82) is 0 Å². The molecule has 1 aliphatic heterocycles. The first-order chi connectivity index (χ1) is 15.3. The molecule has 3 rings (SSSR count). The summed E-state index contributed by atoms with van der Waals surface area (Å²) in [4.78, 5) is 6.72. The number of anilines is 1. The Morgan fingerprint density at radius 3 is 2.39 bits per heavy atom. The molecule has 0 aromatic heterocycles. The van der Waals surface area contributed by atoms with Gasteiger partial charge in [-0.2, -0.15) is 13.2 Å². The lowest BCUT2D eigenvalue weighted by atomic mass is 10.1. The summed E-state index contributed by atoms with van der Waals surface area (Å²) in [6.07, 6.45) is -1.81. The molecular weight excluding hydrogens is 544 g/mol. The van der Waals surface area contributed by atoms with Gasteiger partial charge in [-0.25, -0.2) is 0 Å². The number of ether oxygens (including phenoxy) is 1. The molecule has 1 aliphatic rings. The Labute approximate surface area is 210 Å². The van der Waals surface area contributed by atoms with Gasteiger partial charge in [-0.1, -0.05) is 36.4 Å². The third-order valence-electron chi connectivity index (χ3n) is 5.44. The molecule has 2 aromatic carbocycles. The first kappa shape index (κ1) is 27.2. The van der Waals surface area contributed by atoms with E-state index in [0.717, 1.165) is 18.7 Å². The van der Waals surface area contributed by atoms with Crippen molar-refractivity contribution in [2.45, 2.75) is 45.1 Å². The minimum atomic E-state index is -4.31. The highest BCUT2D eigenvalue weighted by Gasteiger charge is 2.27. The van der Waals surface area contributed by atoms with Crippen molar-refractivity contribution in [2.75, 3.05) is 31.6 Å². The first-order valence-corrected chi connectivity index (χ1v) is 10.9. The van der Waals surface area contributed by atoms with Crippen molar-refractivity contribution in [2.24, 2.45) is 4.99 Å². The number of guanidine groups is 1. The van der Waals surface area contributed by atoms with Gasteiger partial charge in [-0.15, -0.1) is 24.0 Å². The van der Waals surface area contributed by atoms with Crippen LogP contribution in [0.5, 0.6) is 0 Å². The fourth-order valence-electron chi connectivity index (χ4n) is 3.67. The van der Waals surface area contributed by atoms with E-state index >= 15 is 0 Å². The maximum absolute atomic E-state index is 12.2.